The van der Waals surface area contributed by atoms with E-state index >= 15 is 0 Å². The molecule has 2 aromatic rings. The molecule has 0 aliphatic carbocycles. The normalized spacial score (nSPS) is 17.9. The highest BCUT2D eigenvalue weighted by Crippen LogP contribution is 2.33. The van der Waals surface area contributed by atoms with Crippen molar-refractivity contribution >= 4 is 5.91 Å². The van der Waals surface area contributed by atoms with Gasteiger partial charge in [-0.1, -0.05) is 26.0 Å². The zero-order valence-electron chi connectivity index (χ0n) is 19.1. The van der Waals surface area contributed by atoms with Crippen molar-refractivity contribution in [1.82, 2.24) is 15.2 Å². The molecule has 1 amide bonds. The van der Waals surface area contributed by atoms with Gasteiger partial charge in [-0.15, -0.1) is 0 Å². The van der Waals surface area contributed by atoms with Crippen molar-refractivity contribution < 1.29 is 14.3 Å². The first-order chi connectivity index (χ1) is 15.0. The minimum Gasteiger partial charge on any atom is -0.496 e. The molecule has 1 fully saturated rings. The van der Waals surface area contributed by atoms with E-state index in [2.05, 4.69) is 29.0 Å². The molecule has 0 spiro atoms. The largest absolute Gasteiger partial charge is 0.496 e. The third-order valence-electron chi connectivity index (χ3n) is 5.84. The van der Waals surface area contributed by atoms with Crippen LogP contribution < -0.4 is 14.8 Å². The number of pyridine rings is 1. The zero-order chi connectivity index (χ0) is 22.2. The molecule has 1 aliphatic heterocycles. The summed E-state index contributed by atoms with van der Waals surface area (Å²) in [6.07, 6.45) is 4.46. The molecular weight excluding hydrogens is 390 g/mol. The fourth-order valence-corrected chi connectivity index (χ4v) is 4.41. The molecule has 6 heteroatoms. The molecule has 1 aliphatic rings. The van der Waals surface area contributed by atoms with E-state index in [-0.39, 0.29) is 11.9 Å². The highest BCUT2D eigenvalue weighted by Gasteiger charge is 2.31. The summed E-state index contributed by atoms with van der Waals surface area (Å²) in [5.74, 6) is 2.39. The maximum Gasteiger partial charge on any atom is 0.220 e. The van der Waals surface area contributed by atoms with Crippen LogP contribution in [0.4, 0.5) is 0 Å². The van der Waals surface area contributed by atoms with Crippen LogP contribution in [0.15, 0.2) is 42.6 Å². The first kappa shape index (κ1) is 23.1. The van der Waals surface area contributed by atoms with Gasteiger partial charge >= 0.3 is 0 Å². The topological polar surface area (TPSA) is 63.7 Å². The Morgan fingerprint density at radius 2 is 1.90 bits per heavy atom. The van der Waals surface area contributed by atoms with Gasteiger partial charge in [-0.3, -0.25) is 14.7 Å². The summed E-state index contributed by atoms with van der Waals surface area (Å²) in [7, 11) is 3.39. The Morgan fingerprint density at radius 3 is 2.52 bits per heavy atom. The number of ether oxygens (including phenoxy) is 2. The van der Waals surface area contributed by atoms with E-state index in [1.165, 1.54) is 0 Å². The van der Waals surface area contributed by atoms with E-state index < -0.39 is 0 Å². The highest BCUT2D eigenvalue weighted by molar-refractivity contribution is 5.76. The second-order valence-corrected chi connectivity index (χ2v) is 8.68. The van der Waals surface area contributed by atoms with Crippen molar-refractivity contribution in [1.29, 1.82) is 0 Å². The van der Waals surface area contributed by atoms with Crippen molar-refractivity contribution in [3.63, 3.8) is 0 Å². The van der Waals surface area contributed by atoms with Crippen LogP contribution in [0, 0.1) is 11.8 Å². The third-order valence-corrected chi connectivity index (χ3v) is 5.84. The van der Waals surface area contributed by atoms with Crippen LogP contribution in [-0.4, -0.2) is 43.1 Å². The summed E-state index contributed by atoms with van der Waals surface area (Å²) >= 11 is 0. The van der Waals surface area contributed by atoms with E-state index in [1.54, 1.807) is 20.4 Å². The van der Waals surface area contributed by atoms with Gasteiger partial charge in [0.25, 0.3) is 0 Å². The summed E-state index contributed by atoms with van der Waals surface area (Å²) in [5, 5.41) is 3.29. The van der Waals surface area contributed by atoms with Gasteiger partial charge in [-0.2, -0.15) is 0 Å². The Hall–Kier alpha value is -2.60. The smallest absolute Gasteiger partial charge is 0.220 e. The lowest BCUT2D eigenvalue weighted by molar-refractivity contribution is -0.123. The van der Waals surface area contributed by atoms with Crippen LogP contribution in [0.5, 0.6) is 11.5 Å². The van der Waals surface area contributed by atoms with Crippen LogP contribution >= 0.6 is 0 Å². The summed E-state index contributed by atoms with van der Waals surface area (Å²) in [6.45, 7) is 6.77. The lowest BCUT2D eigenvalue weighted by Crippen LogP contribution is -2.43. The van der Waals surface area contributed by atoms with Crippen molar-refractivity contribution in [3.8, 4) is 11.5 Å². The van der Waals surface area contributed by atoms with Crippen molar-refractivity contribution in [2.75, 3.05) is 27.3 Å². The molecule has 0 radical (unpaired) electrons. The maximum absolute atomic E-state index is 12.6. The number of carbonyl (C=O) groups is 1. The molecule has 1 aromatic carbocycles. The van der Waals surface area contributed by atoms with Crippen LogP contribution in [0.25, 0.3) is 0 Å². The van der Waals surface area contributed by atoms with Crippen molar-refractivity contribution in [2.45, 2.75) is 45.7 Å². The number of nitrogens with one attached hydrogen (secondary N) is 1. The second-order valence-electron chi connectivity index (χ2n) is 8.68. The van der Waals surface area contributed by atoms with Gasteiger partial charge in [-0.25, -0.2) is 0 Å². The second kappa shape index (κ2) is 11.1. The SMILES string of the molecule is COc1cccc(OC)c1CN1CCC[C@@H]([C@H](NC(=O)CC(C)C)c2ccccn2)C1. The van der Waals surface area contributed by atoms with Crippen molar-refractivity contribution in [3.05, 3.63) is 53.9 Å². The summed E-state index contributed by atoms with van der Waals surface area (Å²) in [4.78, 5) is 19.6. The maximum atomic E-state index is 12.6. The summed E-state index contributed by atoms with van der Waals surface area (Å²) in [5.41, 5.74) is 1.99. The Kier molecular flexibility index (Phi) is 8.29. The van der Waals surface area contributed by atoms with Gasteiger partial charge < -0.3 is 14.8 Å². The molecule has 1 N–H and O–H groups in total. The highest BCUT2D eigenvalue weighted by atomic mass is 16.5. The third kappa shape index (κ3) is 6.20. The first-order valence-corrected chi connectivity index (χ1v) is 11.1. The minimum atomic E-state index is -0.0881. The standard InChI is InChI=1S/C25H35N3O3/c1-18(2)15-24(29)27-25(21-10-5-6-13-26-21)19-9-8-14-28(16-19)17-20-22(30-3)11-7-12-23(20)31-4/h5-7,10-13,18-19,25H,8-9,14-17H2,1-4H3,(H,27,29)/t19-,25+/m1/s1. The average molecular weight is 426 g/mol. The number of rotatable bonds is 9. The summed E-state index contributed by atoms with van der Waals surface area (Å²) < 4.78 is 11.2. The van der Waals surface area contributed by atoms with Gasteiger partial charge in [0.05, 0.1) is 31.5 Å². The number of piperidine rings is 1. The van der Waals surface area contributed by atoms with Crippen LogP contribution in [0.3, 0.4) is 0 Å². The molecule has 1 saturated heterocycles. The molecule has 6 nitrogen and oxygen atoms in total. The Bertz CT molecular complexity index is 819. The molecule has 2 heterocycles. The Labute approximate surface area is 186 Å². The Morgan fingerprint density at radius 1 is 1.16 bits per heavy atom. The predicted octanol–water partition coefficient (Wildman–Crippen LogP) is 4.21. The number of benzene rings is 1. The number of likely N-dealkylation sites (tertiary alicyclic amines) is 1. The molecule has 0 saturated carbocycles. The average Bonchev–Trinajstić information content (AvgIpc) is 2.78. The molecular formula is C25H35N3O3. The number of aromatic nitrogens is 1. The lowest BCUT2D eigenvalue weighted by atomic mass is 9.88. The number of hydrogen-bond acceptors (Lipinski definition) is 5. The van der Waals surface area contributed by atoms with Gasteiger partial charge in [-0.05, 0) is 55.5 Å². The van der Waals surface area contributed by atoms with E-state index in [4.69, 9.17) is 9.47 Å². The van der Waals surface area contributed by atoms with E-state index in [1.807, 2.05) is 36.4 Å². The van der Waals surface area contributed by atoms with Gasteiger partial charge in [0.15, 0.2) is 0 Å². The number of carbonyl (C=O) groups excluding carboxylic acids is 1. The predicted molar refractivity (Wildman–Crippen MR) is 122 cm³/mol. The number of methoxy groups -OCH3 is 2. The van der Waals surface area contributed by atoms with Gasteiger partial charge in [0, 0.05) is 25.7 Å². The van der Waals surface area contributed by atoms with Gasteiger partial charge in [0.2, 0.25) is 5.91 Å². The molecule has 0 unspecified atom stereocenters. The van der Waals surface area contributed by atoms with Crippen LogP contribution in [0.2, 0.25) is 0 Å². The fraction of sp³-hybridized carbons (Fsp3) is 0.520. The van der Waals surface area contributed by atoms with E-state index in [0.29, 0.717) is 18.3 Å². The molecule has 2 atom stereocenters. The monoisotopic (exact) mass is 425 g/mol. The molecule has 1 aromatic heterocycles. The molecule has 31 heavy (non-hydrogen) atoms. The quantitative estimate of drug-likeness (QED) is 0.652. The van der Waals surface area contributed by atoms with E-state index in [0.717, 1.165) is 55.2 Å². The Balaban J connectivity index is 1.78. The van der Waals surface area contributed by atoms with Crippen LogP contribution in [0.1, 0.15) is 50.4 Å². The fourth-order valence-electron chi connectivity index (χ4n) is 4.41. The number of nitrogens with zero attached hydrogens (tertiary/aromatic N) is 2. The van der Waals surface area contributed by atoms with Gasteiger partial charge in [0.1, 0.15) is 11.5 Å². The molecule has 168 valence electrons. The summed E-state index contributed by atoms with van der Waals surface area (Å²) in [6, 6.07) is 11.7. The zero-order valence-corrected chi connectivity index (χ0v) is 19.1. The first-order valence-electron chi connectivity index (χ1n) is 11.1. The minimum absolute atomic E-state index is 0.0881. The molecule has 3 rings (SSSR count). The van der Waals surface area contributed by atoms with Crippen LogP contribution in [-0.2, 0) is 11.3 Å². The number of amides is 1. The number of hydrogen-bond donors (Lipinski definition) is 1. The van der Waals surface area contributed by atoms with Crippen molar-refractivity contribution in [2.24, 2.45) is 11.8 Å². The molecule has 0 bridgehead atoms. The lowest BCUT2D eigenvalue weighted by Gasteiger charge is -2.37. The van der Waals surface area contributed by atoms with E-state index in [9.17, 15) is 4.79 Å².